The smallest absolute Gasteiger partial charge is 0.304 e. The third-order valence-electron chi connectivity index (χ3n) is 4.97. The fraction of sp³-hybridized carbons (Fsp3) is 0.174. The summed E-state index contributed by atoms with van der Waals surface area (Å²) in [5.41, 5.74) is 7.24. The van der Waals surface area contributed by atoms with Crippen molar-refractivity contribution in [3.63, 3.8) is 0 Å². The number of ether oxygens (including phenoxy) is 2. The van der Waals surface area contributed by atoms with Gasteiger partial charge in [-0.2, -0.15) is 10.3 Å². The lowest BCUT2D eigenvalue weighted by Crippen LogP contribution is -2.50. The molecule has 12 nitrogen and oxygen atoms in total. The number of guanidine groups is 1. The molecule has 178 valence electrons. The minimum absolute atomic E-state index is 0.0199. The minimum atomic E-state index is -0.646. The van der Waals surface area contributed by atoms with Crippen molar-refractivity contribution in [1.82, 2.24) is 10.6 Å². The van der Waals surface area contributed by atoms with E-state index in [0.717, 1.165) is 0 Å². The van der Waals surface area contributed by atoms with E-state index in [1.54, 1.807) is 49.4 Å². The predicted molar refractivity (Wildman–Crippen MR) is 131 cm³/mol. The van der Waals surface area contributed by atoms with Crippen molar-refractivity contribution in [2.75, 3.05) is 24.3 Å². The van der Waals surface area contributed by atoms with Crippen LogP contribution in [0.3, 0.4) is 0 Å². The summed E-state index contributed by atoms with van der Waals surface area (Å²) in [6, 6.07) is 13.3. The quantitative estimate of drug-likeness (QED) is 0.320. The number of benzene rings is 2. The number of nitrogens with zero attached hydrogens (tertiary/aromatic N) is 4. The first kappa shape index (κ1) is 23.1. The number of amidine groups is 2. The van der Waals surface area contributed by atoms with Crippen molar-refractivity contribution in [2.24, 2.45) is 15.7 Å². The maximum absolute atomic E-state index is 12.3. The summed E-state index contributed by atoms with van der Waals surface area (Å²) in [7, 11) is 3.67. The SMILES string of the molecule is CC1N=C2NC(Oc3ccccc3NC(=N)N)=NC(Oc3cc(C#N)ccc3N(C)C)=C2NC1=O. The van der Waals surface area contributed by atoms with E-state index in [4.69, 9.17) is 20.6 Å². The van der Waals surface area contributed by atoms with E-state index in [1.807, 2.05) is 19.0 Å². The molecule has 4 rings (SSSR count). The molecule has 0 bridgehead atoms. The molecule has 6 N–H and O–H groups in total. The van der Waals surface area contributed by atoms with E-state index in [1.165, 1.54) is 0 Å². The highest BCUT2D eigenvalue weighted by Gasteiger charge is 2.32. The Morgan fingerprint density at radius 3 is 2.69 bits per heavy atom. The second-order valence-corrected chi connectivity index (χ2v) is 7.79. The number of nitrogens with one attached hydrogen (secondary N) is 4. The topological polar surface area (TPSA) is 173 Å². The summed E-state index contributed by atoms with van der Waals surface area (Å²) < 4.78 is 12.1. The summed E-state index contributed by atoms with van der Waals surface area (Å²) in [6.07, 6.45) is 0. The van der Waals surface area contributed by atoms with Gasteiger partial charge in [0, 0.05) is 20.2 Å². The fourth-order valence-electron chi connectivity index (χ4n) is 3.30. The number of carbonyl (C=O) groups excluding carboxylic acids is 1. The molecule has 2 aliphatic heterocycles. The molecule has 0 aliphatic carbocycles. The highest BCUT2D eigenvalue weighted by Crippen LogP contribution is 2.32. The van der Waals surface area contributed by atoms with Gasteiger partial charge in [-0.05, 0) is 31.2 Å². The number of fused-ring (bicyclic) bond motifs is 1. The van der Waals surface area contributed by atoms with Crippen LogP contribution in [-0.2, 0) is 4.79 Å². The lowest BCUT2D eigenvalue weighted by molar-refractivity contribution is -0.121. The van der Waals surface area contributed by atoms with E-state index in [9.17, 15) is 10.1 Å². The minimum Gasteiger partial charge on any atom is -0.435 e. The standard InChI is InChI=1S/C23H23N9O3/c1-12-20(33)29-18-19(27-12)30-23(35-16-7-5-4-6-14(16)28-22(25)26)31-21(18)34-17-10-13(11-24)8-9-15(17)32(2)3/h4-10,12H,1-3H3,(H,29,33)(H4,25,26,28)(H,27,30,31). The van der Waals surface area contributed by atoms with E-state index >= 15 is 0 Å². The fourth-order valence-corrected chi connectivity index (χ4v) is 3.30. The van der Waals surface area contributed by atoms with Gasteiger partial charge >= 0.3 is 6.02 Å². The summed E-state index contributed by atoms with van der Waals surface area (Å²) in [5, 5.41) is 25.3. The molecule has 2 aromatic carbocycles. The molecule has 12 heteroatoms. The number of hydrogen-bond acceptors (Lipinski definition) is 9. The number of nitriles is 1. The summed E-state index contributed by atoms with van der Waals surface area (Å²) in [6.45, 7) is 1.65. The molecule has 1 unspecified atom stereocenters. The van der Waals surface area contributed by atoms with Gasteiger partial charge in [0.05, 0.1) is 23.0 Å². The Morgan fingerprint density at radius 2 is 1.97 bits per heavy atom. The maximum Gasteiger partial charge on any atom is 0.304 e. The normalized spacial score (nSPS) is 16.5. The van der Waals surface area contributed by atoms with Crippen LogP contribution in [0.4, 0.5) is 11.4 Å². The highest BCUT2D eigenvalue weighted by atomic mass is 16.5. The predicted octanol–water partition coefficient (Wildman–Crippen LogP) is 1.43. The number of nitrogens with two attached hydrogens (primary N) is 1. The van der Waals surface area contributed by atoms with Crippen LogP contribution in [-0.4, -0.2) is 43.9 Å². The van der Waals surface area contributed by atoms with Gasteiger partial charge in [-0.15, -0.1) is 0 Å². The van der Waals surface area contributed by atoms with E-state index in [-0.39, 0.29) is 29.5 Å². The Kier molecular flexibility index (Phi) is 6.23. The molecule has 2 aliphatic rings. The summed E-state index contributed by atoms with van der Waals surface area (Å²) in [4.78, 5) is 23.0. The van der Waals surface area contributed by atoms with Crippen molar-refractivity contribution in [3.8, 4) is 17.6 Å². The first-order valence-corrected chi connectivity index (χ1v) is 10.5. The van der Waals surface area contributed by atoms with Crippen LogP contribution in [0.1, 0.15) is 12.5 Å². The zero-order valence-electron chi connectivity index (χ0n) is 19.2. The zero-order chi connectivity index (χ0) is 25.1. The first-order valence-electron chi connectivity index (χ1n) is 10.5. The summed E-state index contributed by atoms with van der Waals surface area (Å²) >= 11 is 0. The van der Waals surface area contributed by atoms with Crippen LogP contribution in [0, 0.1) is 16.7 Å². The van der Waals surface area contributed by atoms with Crippen LogP contribution in [0.5, 0.6) is 11.5 Å². The van der Waals surface area contributed by atoms with Crippen LogP contribution < -0.4 is 36.1 Å². The molecule has 35 heavy (non-hydrogen) atoms. The Labute approximate surface area is 201 Å². The highest BCUT2D eigenvalue weighted by molar-refractivity contribution is 6.14. The molecule has 0 spiro atoms. The monoisotopic (exact) mass is 473 g/mol. The van der Waals surface area contributed by atoms with Crippen molar-refractivity contribution in [1.29, 1.82) is 10.7 Å². The van der Waals surface area contributed by atoms with Crippen LogP contribution in [0.25, 0.3) is 0 Å². The number of anilines is 2. The molecule has 1 amide bonds. The molecular formula is C23H23N9O3. The number of aliphatic imine (C=N–C) groups is 2. The van der Waals surface area contributed by atoms with E-state index < -0.39 is 6.04 Å². The molecule has 0 fully saturated rings. The number of para-hydroxylation sites is 2. The van der Waals surface area contributed by atoms with Gasteiger partial charge < -0.3 is 30.7 Å². The van der Waals surface area contributed by atoms with Crippen molar-refractivity contribution in [2.45, 2.75) is 13.0 Å². The maximum atomic E-state index is 12.3. The second kappa shape index (κ2) is 9.44. The van der Waals surface area contributed by atoms with Crippen LogP contribution >= 0.6 is 0 Å². The third kappa shape index (κ3) is 4.98. The average Bonchev–Trinajstić information content (AvgIpc) is 2.81. The van der Waals surface area contributed by atoms with Gasteiger partial charge in [0.15, 0.2) is 23.3 Å². The second-order valence-electron chi connectivity index (χ2n) is 7.79. The number of rotatable bonds is 5. The molecule has 0 aromatic heterocycles. The van der Waals surface area contributed by atoms with Gasteiger partial charge in [0.2, 0.25) is 5.91 Å². The van der Waals surface area contributed by atoms with Gasteiger partial charge in [-0.25, -0.2) is 0 Å². The lowest BCUT2D eigenvalue weighted by atomic mass is 10.2. The van der Waals surface area contributed by atoms with Crippen molar-refractivity contribution >= 4 is 35.1 Å². The Balaban J connectivity index is 1.77. The molecule has 0 saturated heterocycles. The molecule has 0 saturated carbocycles. The lowest BCUT2D eigenvalue weighted by Gasteiger charge is -2.27. The number of hydrogen-bond donors (Lipinski definition) is 5. The Morgan fingerprint density at radius 1 is 1.20 bits per heavy atom. The molecule has 2 aromatic rings. The van der Waals surface area contributed by atoms with Gasteiger partial charge in [0.1, 0.15) is 11.7 Å². The summed E-state index contributed by atoms with van der Waals surface area (Å²) in [5.74, 6) is 0.441. The largest absolute Gasteiger partial charge is 0.435 e. The zero-order valence-corrected chi connectivity index (χ0v) is 19.2. The van der Waals surface area contributed by atoms with Crippen LogP contribution in [0.2, 0.25) is 0 Å². The average molecular weight is 473 g/mol. The number of carbonyl (C=O) groups is 1. The Bertz CT molecular complexity index is 1340. The molecule has 1 atom stereocenters. The van der Waals surface area contributed by atoms with Gasteiger partial charge in [-0.1, -0.05) is 12.1 Å². The Hall–Kier alpha value is -5.05. The van der Waals surface area contributed by atoms with Crippen molar-refractivity contribution < 1.29 is 14.3 Å². The molecule has 2 heterocycles. The third-order valence-corrected chi connectivity index (χ3v) is 4.97. The number of amides is 1. The van der Waals surface area contributed by atoms with Crippen LogP contribution in [0.15, 0.2) is 64.0 Å². The first-order chi connectivity index (χ1) is 16.7. The van der Waals surface area contributed by atoms with Gasteiger partial charge in [-0.3, -0.25) is 20.5 Å². The van der Waals surface area contributed by atoms with E-state index in [2.05, 4.69) is 32.0 Å². The molecule has 0 radical (unpaired) electrons. The van der Waals surface area contributed by atoms with E-state index in [0.29, 0.717) is 34.3 Å². The van der Waals surface area contributed by atoms with Gasteiger partial charge in [0.25, 0.3) is 5.88 Å². The van der Waals surface area contributed by atoms with Crippen molar-refractivity contribution in [3.05, 3.63) is 59.6 Å². The molecular weight excluding hydrogens is 450 g/mol.